The predicted molar refractivity (Wildman–Crippen MR) is 111 cm³/mol. The number of aryl methyl sites for hydroxylation is 2. The molecule has 160 valence electrons. The summed E-state index contributed by atoms with van der Waals surface area (Å²) in [5, 5.41) is 2.92. The number of hydrogen-bond donors (Lipinski definition) is 1. The van der Waals surface area contributed by atoms with Crippen molar-refractivity contribution < 1.29 is 23.5 Å². The average Bonchev–Trinajstić information content (AvgIpc) is 3.11. The summed E-state index contributed by atoms with van der Waals surface area (Å²) in [7, 11) is 3.00. The molecule has 3 rings (SSSR count). The van der Waals surface area contributed by atoms with E-state index in [-0.39, 0.29) is 23.5 Å². The molecule has 1 N–H and O–H groups in total. The number of carbonyl (C=O) groups excluding carboxylic acids is 2. The van der Waals surface area contributed by atoms with Crippen LogP contribution in [0.2, 0.25) is 0 Å². The largest absolute Gasteiger partial charge is 0.496 e. The van der Waals surface area contributed by atoms with E-state index in [2.05, 4.69) is 11.4 Å². The molecule has 2 aromatic carbocycles. The third-order valence-electron chi connectivity index (χ3n) is 5.53. The Morgan fingerprint density at radius 1 is 1.17 bits per heavy atom. The molecule has 6 nitrogen and oxygen atoms in total. The summed E-state index contributed by atoms with van der Waals surface area (Å²) in [6.45, 7) is 5.02. The topological polar surface area (TPSA) is 67.9 Å². The summed E-state index contributed by atoms with van der Waals surface area (Å²) in [6.07, 6.45) is 0.432. The molecule has 0 unspecified atom stereocenters. The molecule has 1 aliphatic rings. The SMILES string of the molecule is COC(=O)[C@@H]1C[C@@H](NC(=O)c2cccc(F)c2)CN1Cc1cc(C)c(OC)cc1C. The van der Waals surface area contributed by atoms with Gasteiger partial charge in [-0.3, -0.25) is 14.5 Å². The number of halogens is 1. The van der Waals surface area contributed by atoms with Crippen molar-refractivity contribution in [1.29, 1.82) is 0 Å². The minimum Gasteiger partial charge on any atom is -0.496 e. The zero-order valence-corrected chi connectivity index (χ0v) is 17.7. The molecular formula is C23H27FN2O4. The molecule has 1 saturated heterocycles. The smallest absolute Gasteiger partial charge is 0.323 e. The summed E-state index contributed by atoms with van der Waals surface area (Å²) in [5.74, 6) is -0.335. The summed E-state index contributed by atoms with van der Waals surface area (Å²) < 4.78 is 23.8. The molecule has 1 fully saturated rings. The van der Waals surface area contributed by atoms with Crippen LogP contribution in [0.3, 0.4) is 0 Å². The lowest BCUT2D eigenvalue weighted by atomic mass is 10.0. The number of methoxy groups -OCH3 is 2. The lowest BCUT2D eigenvalue weighted by Crippen LogP contribution is -2.38. The maximum absolute atomic E-state index is 13.4. The van der Waals surface area contributed by atoms with E-state index in [9.17, 15) is 14.0 Å². The number of hydrogen-bond acceptors (Lipinski definition) is 5. The molecule has 1 heterocycles. The maximum atomic E-state index is 13.4. The fraction of sp³-hybridized carbons (Fsp3) is 0.391. The van der Waals surface area contributed by atoms with Crippen LogP contribution >= 0.6 is 0 Å². The fourth-order valence-electron chi connectivity index (χ4n) is 3.92. The second-order valence-electron chi connectivity index (χ2n) is 7.63. The van der Waals surface area contributed by atoms with E-state index in [0.29, 0.717) is 19.5 Å². The van der Waals surface area contributed by atoms with Crippen molar-refractivity contribution in [3.05, 3.63) is 64.5 Å². The number of esters is 1. The Morgan fingerprint density at radius 2 is 1.93 bits per heavy atom. The number of benzene rings is 2. The molecule has 7 heteroatoms. The highest BCUT2D eigenvalue weighted by atomic mass is 19.1. The van der Waals surface area contributed by atoms with Crippen molar-refractivity contribution >= 4 is 11.9 Å². The van der Waals surface area contributed by atoms with Crippen molar-refractivity contribution in [3.8, 4) is 5.75 Å². The summed E-state index contributed by atoms with van der Waals surface area (Å²) in [5.41, 5.74) is 3.42. The van der Waals surface area contributed by atoms with Crippen LogP contribution in [-0.2, 0) is 16.1 Å². The van der Waals surface area contributed by atoms with Crippen molar-refractivity contribution in [3.63, 3.8) is 0 Å². The molecule has 0 bridgehead atoms. The first-order chi connectivity index (χ1) is 14.3. The van der Waals surface area contributed by atoms with Crippen molar-refractivity contribution in [2.24, 2.45) is 0 Å². The van der Waals surface area contributed by atoms with Crippen LogP contribution in [0, 0.1) is 19.7 Å². The number of rotatable bonds is 6. The molecule has 0 radical (unpaired) electrons. The number of likely N-dealkylation sites (tertiary alicyclic amines) is 1. The molecule has 0 aliphatic carbocycles. The van der Waals surface area contributed by atoms with E-state index in [0.717, 1.165) is 22.4 Å². The van der Waals surface area contributed by atoms with Gasteiger partial charge in [0.2, 0.25) is 0 Å². The molecule has 2 aromatic rings. The highest BCUT2D eigenvalue weighted by Crippen LogP contribution is 2.27. The lowest BCUT2D eigenvalue weighted by Gasteiger charge is -2.23. The third-order valence-corrected chi connectivity index (χ3v) is 5.53. The second-order valence-corrected chi connectivity index (χ2v) is 7.63. The molecule has 1 amide bonds. The van der Waals surface area contributed by atoms with Crippen molar-refractivity contribution in [2.45, 2.75) is 38.9 Å². The molecule has 0 saturated carbocycles. The van der Waals surface area contributed by atoms with E-state index in [1.807, 2.05) is 24.8 Å². The van der Waals surface area contributed by atoms with Crippen molar-refractivity contribution in [2.75, 3.05) is 20.8 Å². The molecule has 30 heavy (non-hydrogen) atoms. The third kappa shape index (κ3) is 4.79. The van der Waals surface area contributed by atoms with Crippen LogP contribution in [-0.4, -0.2) is 49.6 Å². The van der Waals surface area contributed by atoms with Gasteiger partial charge < -0.3 is 14.8 Å². The summed E-state index contributed by atoms with van der Waals surface area (Å²) in [6, 6.07) is 8.88. The zero-order valence-electron chi connectivity index (χ0n) is 17.7. The van der Waals surface area contributed by atoms with E-state index >= 15 is 0 Å². The van der Waals surface area contributed by atoms with Gasteiger partial charge in [0.1, 0.15) is 17.6 Å². The van der Waals surface area contributed by atoms with Gasteiger partial charge in [-0.1, -0.05) is 12.1 Å². The average molecular weight is 414 g/mol. The lowest BCUT2D eigenvalue weighted by molar-refractivity contribution is -0.146. The Morgan fingerprint density at radius 3 is 2.60 bits per heavy atom. The van der Waals surface area contributed by atoms with E-state index in [1.54, 1.807) is 13.2 Å². The van der Waals surface area contributed by atoms with E-state index in [1.165, 1.54) is 25.3 Å². The Kier molecular flexibility index (Phi) is 6.72. The highest BCUT2D eigenvalue weighted by molar-refractivity contribution is 5.94. The van der Waals surface area contributed by atoms with Crippen LogP contribution in [0.15, 0.2) is 36.4 Å². The van der Waals surface area contributed by atoms with Crippen LogP contribution in [0.1, 0.15) is 33.5 Å². The molecule has 0 spiro atoms. The van der Waals surface area contributed by atoms with Crippen LogP contribution in [0.4, 0.5) is 4.39 Å². The normalized spacial score (nSPS) is 18.8. The van der Waals surface area contributed by atoms with Gasteiger partial charge >= 0.3 is 5.97 Å². The number of nitrogens with zero attached hydrogens (tertiary/aromatic N) is 1. The highest BCUT2D eigenvalue weighted by Gasteiger charge is 2.38. The van der Waals surface area contributed by atoms with Gasteiger partial charge in [-0.25, -0.2) is 4.39 Å². The number of ether oxygens (including phenoxy) is 2. The maximum Gasteiger partial charge on any atom is 0.323 e. The Hall–Kier alpha value is -2.93. The second kappa shape index (κ2) is 9.26. The van der Waals surface area contributed by atoms with Crippen LogP contribution < -0.4 is 10.1 Å². The standard InChI is InChI=1S/C23H27FN2O4/c1-14-9-21(29-3)15(2)8-17(14)12-26-13-19(11-20(26)23(28)30-4)25-22(27)16-6-5-7-18(24)10-16/h5-10,19-20H,11-13H2,1-4H3,(H,25,27)/t19-,20+/m1/s1. The van der Waals surface area contributed by atoms with Gasteiger partial charge in [0.25, 0.3) is 5.91 Å². The Labute approximate surface area is 176 Å². The first kappa shape index (κ1) is 21.8. The monoisotopic (exact) mass is 414 g/mol. The summed E-state index contributed by atoms with van der Waals surface area (Å²) in [4.78, 5) is 26.9. The van der Waals surface area contributed by atoms with Crippen LogP contribution in [0.25, 0.3) is 0 Å². The zero-order chi connectivity index (χ0) is 21.8. The molecule has 1 aliphatic heterocycles. The Bertz CT molecular complexity index is 947. The number of nitrogens with one attached hydrogen (secondary N) is 1. The first-order valence-corrected chi connectivity index (χ1v) is 9.84. The van der Waals surface area contributed by atoms with Gasteiger partial charge in [-0.2, -0.15) is 0 Å². The van der Waals surface area contributed by atoms with Gasteiger partial charge in [0.05, 0.1) is 14.2 Å². The quantitative estimate of drug-likeness (QED) is 0.736. The first-order valence-electron chi connectivity index (χ1n) is 9.84. The van der Waals surface area contributed by atoms with E-state index < -0.39 is 11.9 Å². The minimum atomic E-state index is -0.464. The van der Waals surface area contributed by atoms with Gasteiger partial charge in [-0.15, -0.1) is 0 Å². The predicted octanol–water partition coefficient (Wildman–Crippen LogP) is 3.00. The Balaban J connectivity index is 1.76. The van der Waals surface area contributed by atoms with Gasteiger partial charge in [-0.05, 0) is 61.2 Å². The fourth-order valence-corrected chi connectivity index (χ4v) is 3.92. The van der Waals surface area contributed by atoms with Crippen LogP contribution in [0.5, 0.6) is 5.75 Å². The van der Waals surface area contributed by atoms with E-state index in [4.69, 9.17) is 9.47 Å². The molecular weight excluding hydrogens is 387 g/mol. The molecule has 0 aromatic heterocycles. The molecule has 2 atom stereocenters. The van der Waals surface area contributed by atoms with Gasteiger partial charge in [0.15, 0.2) is 0 Å². The van der Waals surface area contributed by atoms with Crippen molar-refractivity contribution in [1.82, 2.24) is 10.2 Å². The van der Waals surface area contributed by atoms with Gasteiger partial charge in [0, 0.05) is 24.7 Å². The number of amides is 1. The number of carbonyl (C=O) groups is 2. The minimum absolute atomic E-state index is 0.246. The summed E-state index contributed by atoms with van der Waals surface area (Å²) >= 11 is 0.